The average molecular weight is 443 g/mol. The van der Waals surface area contributed by atoms with Crippen molar-refractivity contribution >= 4 is 11.8 Å². The molecule has 2 unspecified atom stereocenters. The number of piperidine rings is 1. The Morgan fingerprint density at radius 1 is 0.688 bits per heavy atom. The van der Waals surface area contributed by atoms with E-state index in [9.17, 15) is 0 Å². The van der Waals surface area contributed by atoms with Gasteiger partial charge in [-0.3, -0.25) is 4.90 Å². The molecule has 0 aliphatic carbocycles. The van der Waals surface area contributed by atoms with Gasteiger partial charge in [0.05, 0.1) is 0 Å². The summed E-state index contributed by atoms with van der Waals surface area (Å²) in [7, 11) is 0. The smallest absolute Gasteiger partial charge is 0.0275 e. The van der Waals surface area contributed by atoms with Gasteiger partial charge in [-0.25, -0.2) is 0 Å². The summed E-state index contributed by atoms with van der Waals surface area (Å²) < 4.78 is 0. The number of hydrogen-bond donors (Lipinski definition) is 0. The molecule has 32 heavy (non-hydrogen) atoms. The standard InChI is InChI=1S/C29H34N2S/c1-4-10-24(11-5-1)20-31-22-27(29(23-31)32-28-14-8-3-9-15-28)21-30-18-16-26(17-19-30)25-12-6-2-7-13-25/h1-15,26-27,29H,16-23H2. The van der Waals surface area contributed by atoms with E-state index in [1.165, 1.54) is 61.6 Å². The van der Waals surface area contributed by atoms with Crippen molar-refractivity contribution in [2.24, 2.45) is 5.92 Å². The summed E-state index contributed by atoms with van der Waals surface area (Å²) in [4.78, 5) is 6.83. The molecule has 3 heteroatoms. The minimum absolute atomic E-state index is 0.660. The summed E-state index contributed by atoms with van der Waals surface area (Å²) in [6.45, 7) is 7.16. The molecule has 2 aliphatic heterocycles. The molecule has 0 radical (unpaired) electrons. The van der Waals surface area contributed by atoms with E-state index < -0.39 is 0 Å². The van der Waals surface area contributed by atoms with Crippen LogP contribution in [0.3, 0.4) is 0 Å². The van der Waals surface area contributed by atoms with Crippen molar-refractivity contribution in [3.63, 3.8) is 0 Å². The average Bonchev–Trinajstić information content (AvgIpc) is 3.21. The summed E-state index contributed by atoms with van der Waals surface area (Å²) >= 11 is 2.09. The lowest BCUT2D eigenvalue weighted by molar-refractivity contribution is 0.182. The van der Waals surface area contributed by atoms with Crippen LogP contribution in [-0.2, 0) is 6.54 Å². The summed E-state index contributed by atoms with van der Waals surface area (Å²) in [5, 5.41) is 0.660. The predicted octanol–water partition coefficient (Wildman–Crippen LogP) is 6.16. The first-order chi connectivity index (χ1) is 15.8. The number of rotatable bonds is 7. The van der Waals surface area contributed by atoms with E-state index >= 15 is 0 Å². The molecule has 2 fully saturated rings. The summed E-state index contributed by atoms with van der Waals surface area (Å²) in [5.74, 6) is 1.46. The topological polar surface area (TPSA) is 6.48 Å². The summed E-state index contributed by atoms with van der Waals surface area (Å²) in [5.41, 5.74) is 2.96. The van der Waals surface area contributed by atoms with E-state index in [1.807, 2.05) is 0 Å². The lowest BCUT2D eigenvalue weighted by Gasteiger charge is -2.34. The molecule has 0 spiro atoms. The lowest BCUT2D eigenvalue weighted by Crippen LogP contribution is -2.39. The van der Waals surface area contributed by atoms with Crippen LogP contribution in [0.4, 0.5) is 0 Å². The van der Waals surface area contributed by atoms with E-state index in [1.54, 1.807) is 0 Å². The van der Waals surface area contributed by atoms with Crippen LogP contribution in [0.5, 0.6) is 0 Å². The van der Waals surface area contributed by atoms with Gasteiger partial charge in [-0.05, 0) is 61.0 Å². The van der Waals surface area contributed by atoms with Gasteiger partial charge < -0.3 is 4.90 Å². The van der Waals surface area contributed by atoms with Gasteiger partial charge >= 0.3 is 0 Å². The van der Waals surface area contributed by atoms with Crippen molar-refractivity contribution in [1.29, 1.82) is 0 Å². The van der Waals surface area contributed by atoms with Crippen LogP contribution in [0.2, 0.25) is 0 Å². The highest BCUT2D eigenvalue weighted by Crippen LogP contribution is 2.36. The number of likely N-dealkylation sites (tertiary alicyclic amines) is 2. The Bertz CT molecular complexity index is 939. The highest BCUT2D eigenvalue weighted by molar-refractivity contribution is 8.00. The fourth-order valence-electron chi connectivity index (χ4n) is 5.39. The molecule has 2 heterocycles. The Morgan fingerprint density at radius 3 is 2.00 bits per heavy atom. The van der Waals surface area contributed by atoms with Crippen molar-refractivity contribution in [2.45, 2.75) is 35.4 Å². The van der Waals surface area contributed by atoms with E-state index in [-0.39, 0.29) is 0 Å². The van der Waals surface area contributed by atoms with Gasteiger partial charge in [0.1, 0.15) is 0 Å². The Balaban J connectivity index is 1.21. The van der Waals surface area contributed by atoms with Gasteiger partial charge in [-0.15, -0.1) is 11.8 Å². The molecule has 0 amide bonds. The molecule has 3 aromatic carbocycles. The molecule has 0 bridgehead atoms. The maximum absolute atomic E-state index is 2.74. The van der Waals surface area contributed by atoms with Crippen LogP contribution in [-0.4, -0.2) is 47.8 Å². The number of benzene rings is 3. The van der Waals surface area contributed by atoms with Crippen molar-refractivity contribution in [3.8, 4) is 0 Å². The van der Waals surface area contributed by atoms with Crippen molar-refractivity contribution in [3.05, 3.63) is 102 Å². The van der Waals surface area contributed by atoms with Crippen molar-refractivity contribution in [2.75, 3.05) is 32.7 Å². The lowest BCUT2D eigenvalue weighted by atomic mass is 9.89. The third-order valence-electron chi connectivity index (χ3n) is 7.09. The zero-order chi connectivity index (χ0) is 21.6. The molecule has 5 rings (SSSR count). The third kappa shape index (κ3) is 5.64. The molecule has 166 valence electrons. The number of thioether (sulfide) groups is 1. The highest BCUT2D eigenvalue weighted by atomic mass is 32.2. The Hall–Kier alpha value is -2.07. The van der Waals surface area contributed by atoms with Crippen molar-refractivity contribution in [1.82, 2.24) is 9.80 Å². The fraction of sp³-hybridized carbons (Fsp3) is 0.379. The quantitative estimate of drug-likeness (QED) is 0.433. The maximum atomic E-state index is 2.74. The summed E-state index contributed by atoms with van der Waals surface area (Å²) in [6, 6.07) is 33.1. The minimum atomic E-state index is 0.660. The first kappa shape index (κ1) is 21.8. The normalized spacial score (nSPS) is 22.9. The summed E-state index contributed by atoms with van der Waals surface area (Å²) in [6.07, 6.45) is 2.59. The first-order valence-electron chi connectivity index (χ1n) is 12.1. The molecule has 0 saturated carbocycles. The monoisotopic (exact) mass is 442 g/mol. The first-order valence-corrected chi connectivity index (χ1v) is 13.0. The Morgan fingerprint density at radius 2 is 1.31 bits per heavy atom. The van der Waals surface area contributed by atoms with Gasteiger partial charge in [0, 0.05) is 36.3 Å². The molecule has 3 aromatic rings. The van der Waals surface area contributed by atoms with E-state index in [4.69, 9.17) is 0 Å². The van der Waals surface area contributed by atoms with E-state index in [0.717, 1.165) is 18.4 Å². The van der Waals surface area contributed by atoms with Crippen molar-refractivity contribution < 1.29 is 0 Å². The van der Waals surface area contributed by atoms with Gasteiger partial charge in [-0.1, -0.05) is 78.9 Å². The molecular weight excluding hydrogens is 408 g/mol. The van der Waals surface area contributed by atoms with Crippen LogP contribution in [0.15, 0.2) is 95.9 Å². The molecule has 2 saturated heterocycles. The second-order valence-corrected chi connectivity index (χ2v) is 10.7. The maximum Gasteiger partial charge on any atom is 0.0275 e. The molecular formula is C29H34N2S. The van der Waals surface area contributed by atoms with Gasteiger partial charge in [0.25, 0.3) is 0 Å². The van der Waals surface area contributed by atoms with Crippen LogP contribution in [0.25, 0.3) is 0 Å². The van der Waals surface area contributed by atoms with Crippen LogP contribution in [0, 0.1) is 5.92 Å². The molecule has 0 aromatic heterocycles. The third-order valence-corrected chi connectivity index (χ3v) is 8.47. The predicted molar refractivity (Wildman–Crippen MR) is 136 cm³/mol. The molecule has 2 aliphatic rings. The largest absolute Gasteiger partial charge is 0.303 e. The van der Waals surface area contributed by atoms with Gasteiger partial charge in [0.15, 0.2) is 0 Å². The SMILES string of the molecule is c1ccc(CN2CC(CN3CCC(c4ccccc4)CC3)C(Sc3ccccc3)C2)cc1. The van der Waals surface area contributed by atoms with E-state index in [0.29, 0.717) is 5.25 Å². The highest BCUT2D eigenvalue weighted by Gasteiger charge is 2.35. The molecule has 0 N–H and O–H groups in total. The Labute approximate surface area is 197 Å². The Kier molecular flexibility index (Phi) is 7.27. The van der Waals surface area contributed by atoms with E-state index in [2.05, 4.69) is 113 Å². The van der Waals surface area contributed by atoms with Crippen LogP contribution in [0.1, 0.15) is 29.9 Å². The van der Waals surface area contributed by atoms with Crippen LogP contribution >= 0.6 is 11.8 Å². The molecule has 2 atom stereocenters. The number of hydrogen-bond acceptors (Lipinski definition) is 3. The van der Waals surface area contributed by atoms with Gasteiger partial charge in [0.2, 0.25) is 0 Å². The van der Waals surface area contributed by atoms with Crippen LogP contribution < -0.4 is 0 Å². The minimum Gasteiger partial charge on any atom is -0.303 e. The fourth-order valence-corrected chi connectivity index (χ4v) is 6.70. The second-order valence-electron chi connectivity index (χ2n) is 9.39. The zero-order valence-corrected chi connectivity index (χ0v) is 19.7. The molecule has 2 nitrogen and oxygen atoms in total. The number of nitrogens with zero attached hydrogens (tertiary/aromatic N) is 2. The second kappa shape index (κ2) is 10.7. The zero-order valence-electron chi connectivity index (χ0n) is 18.9. The van der Waals surface area contributed by atoms with Gasteiger partial charge in [-0.2, -0.15) is 0 Å².